The normalized spacial score (nSPS) is 34.3. The fraction of sp³-hybridized carbons (Fsp3) is 0.556. The van der Waals surface area contributed by atoms with Crippen LogP contribution in [-0.2, 0) is 0 Å². The van der Waals surface area contributed by atoms with Crippen LogP contribution in [0.15, 0.2) is 24.4 Å². The number of hydroxylamine groups is 2. The Labute approximate surface area is 111 Å². The predicted octanol–water partition coefficient (Wildman–Crippen LogP) is -5.20. The zero-order valence-corrected chi connectivity index (χ0v) is 9.81. The largest absolute Gasteiger partial charge is 0.383 e. The van der Waals surface area contributed by atoms with Gasteiger partial charge in [-0.15, -0.1) is 0 Å². The first kappa shape index (κ1) is 16.9. The highest BCUT2D eigenvalue weighted by Crippen LogP contribution is 2.38. The van der Waals surface area contributed by atoms with Gasteiger partial charge in [0.25, 0.3) is 11.6 Å². The van der Waals surface area contributed by atoms with Crippen molar-refractivity contribution >= 4 is 0 Å². The molecule has 11 heteroatoms. The Hall–Kier alpha value is -1.12. The van der Waals surface area contributed by atoms with Crippen molar-refractivity contribution < 1.29 is 51.2 Å². The molecule has 0 saturated heterocycles. The fourth-order valence-electron chi connectivity index (χ4n) is 1.40. The molecule has 11 nitrogen and oxygen atoms in total. The Morgan fingerprint density at radius 2 is 1.30 bits per heavy atom. The van der Waals surface area contributed by atoms with E-state index in [4.69, 9.17) is 0 Å². The first-order valence-electron chi connectivity index (χ1n) is 5.10. The zero-order valence-electron chi connectivity index (χ0n) is 9.81. The van der Waals surface area contributed by atoms with Gasteiger partial charge in [-0.25, -0.2) is 5.06 Å². The van der Waals surface area contributed by atoms with Crippen LogP contribution < -0.4 is 0 Å². The molecule has 0 spiro atoms. The molecule has 0 aromatic rings. The minimum atomic E-state index is -4.53. The summed E-state index contributed by atoms with van der Waals surface area (Å²) in [6.07, 6.45) is 0.259. The van der Waals surface area contributed by atoms with Gasteiger partial charge in [0.1, 0.15) is 6.10 Å². The lowest BCUT2D eigenvalue weighted by molar-refractivity contribution is -0.546. The van der Waals surface area contributed by atoms with Gasteiger partial charge < -0.3 is 46.0 Å². The van der Waals surface area contributed by atoms with E-state index in [9.17, 15) is 51.2 Å². The molecule has 0 radical (unpaired) electrons. The van der Waals surface area contributed by atoms with E-state index in [1.165, 1.54) is 0 Å². The lowest BCUT2D eigenvalue weighted by Crippen LogP contribution is -2.80. The summed E-state index contributed by atoms with van der Waals surface area (Å²) in [5.41, 5.74) is 0. The fourth-order valence-corrected chi connectivity index (χ4v) is 1.40. The smallest absolute Gasteiger partial charge is 0.331 e. The number of allylic oxidation sites excluding steroid dienone is 2. The number of rotatable bonds is 0. The zero-order chi connectivity index (χ0) is 16.0. The van der Waals surface area contributed by atoms with Crippen molar-refractivity contribution in [2.24, 2.45) is 0 Å². The van der Waals surface area contributed by atoms with Gasteiger partial charge in [0.15, 0.2) is 0 Å². The lowest BCUT2D eigenvalue weighted by atomic mass is 9.88. The second-order valence-corrected chi connectivity index (χ2v) is 4.22. The van der Waals surface area contributed by atoms with E-state index in [1.54, 1.807) is 0 Å². The Morgan fingerprint density at radius 1 is 0.800 bits per heavy atom. The summed E-state index contributed by atoms with van der Waals surface area (Å²) in [7, 11) is 0. The molecule has 0 amide bonds. The Kier molecular flexibility index (Phi) is 3.99. The molecule has 0 aliphatic carbocycles. The third-order valence-corrected chi connectivity index (χ3v) is 2.83. The molecule has 1 rings (SSSR count). The van der Waals surface area contributed by atoms with E-state index in [2.05, 4.69) is 0 Å². The molecule has 0 bridgehead atoms. The van der Waals surface area contributed by atoms with Gasteiger partial charge in [-0.2, -0.15) is 0 Å². The van der Waals surface area contributed by atoms with Crippen molar-refractivity contribution in [3.8, 4) is 0 Å². The van der Waals surface area contributed by atoms with Gasteiger partial charge in [-0.05, 0) is 6.08 Å². The molecule has 10 N–H and O–H groups in total. The number of hydrogen-bond donors (Lipinski definition) is 10. The summed E-state index contributed by atoms with van der Waals surface area (Å²) in [6, 6.07) is 0. The van der Waals surface area contributed by atoms with Crippen molar-refractivity contribution in [1.82, 2.24) is 5.06 Å². The van der Waals surface area contributed by atoms with Crippen molar-refractivity contribution in [1.29, 1.82) is 0 Å². The van der Waals surface area contributed by atoms with Gasteiger partial charge in [-0.1, -0.05) is 12.2 Å². The predicted molar refractivity (Wildman–Crippen MR) is 56.6 cm³/mol. The Bertz CT molecular complexity index is 386. The third kappa shape index (κ3) is 2.11. The molecular weight excluding hydrogens is 282 g/mol. The summed E-state index contributed by atoms with van der Waals surface area (Å²) in [6.45, 7) is 0. The van der Waals surface area contributed by atoms with Crippen LogP contribution in [0.2, 0.25) is 0 Å². The highest BCUT2D eigenvalue weighted by molar-refractivity contribution is 5.13. The standard InChI is InChI=1S/C9H15NO10/c11-5-3-1-2-4-10(20)9(18,19)8(16,17)7(14,15)6(5,12)13/h1-5,11-20H/b3-1-,4-2-. The van der Waals surface area contributed by atoms with Crippen LogP contribution in [0.1, 0.15) is 0 Å². The SMILES string of the molecule is OC1/C=C\C=C/N(O)C(O)(O)C(O)(O)C(O)(O)C1(O)O. The van der Waals surface area contributed by atoms with Crippen molar-refractivity contribution in [3.05, 3.63) is 24.4 Å². The quantitative estimate of drug-likeness (QED) is 0.191. The molecule has 0 aromatic carbocycles. The number of nitrogens with zero attached hydrogens (tertiary/aromatic N) is 1. The number of aliphatic hydroxyl groups excluding tert-OH is 1. The molecule has 1 unspecified atom stereocenters. The molecule has 1 heterocycles. The van der Waals surface area contributed by atoms with Gasteiger partial charge in [0.05, 0.1) is 0 Å². The summed E-state index contributed by atoms with van der Waals surface area (Å²) >= 11 is 0. The van der Waals surface area contributed by atoms with Crippen LogP contribution in [0.25, 0.3) is 0 Å². The van der Waals surface area contributed by atoms with Crippen LogP contribution in [-0.4, -0.2) is 85.6 Å². The number of hydrogen-bond acceptors (Lipinski definition) is 11. The van der Waals surface area contributed by atoms with E-state index >= 15 is 0 Å². The van der Waals surface area contributed by atoms with Crippen molar-refractivity contribution in [3.63, 3.8) is 0 Å². The monoisotopic (exact) mass is 297 g/mol. The molecule has 0 saturated carbocycles. The molecule has 1 aliphatic rings. The molecule has 116 valence electrons. The summed E-state index contributed by atoms with van der Waals surface area (Å²) in [5, 5.41) is 93.3. The van der Waals surface area contributed by atoms with Gasteiger partial charge >= 0.3 is 11.7 Å². The second kappa shape index (κ2) is 4.71. The second-order valence-electron chi connectivity index (χ2n) is 4.22. The van der Waals surface area contributed by atoms with Gasteiger partial charge in [-0.3, -0.25) is 5.21 Å². The minimum absolute atomic E-state index is 0.447. The van der Waals surface area contributed by atoms with Crippen molar-refractivity contribution in [2.75, 3.05) is 0 Å². The van der Waals surface area contributed by atoms with E-state index in [0.29, 0.717) is 12.3 Å². The molecule has 20 heavy (non-hydrogen) atoms. The van der Waals surface area contributed by atoms with Crippen LogP contribution in [0.4, 0.5) is 0 Å². The molecule has 1 atom stereocenters. The molecule has 1 aliphatic heterocycles. The Morgan fingerprint density at radius 3 is 1.80 bits per heavy atom. The van der Waals surface area contributed by atoms with Crippen molar-refractivity contribution in [2.45, 2.75) is 29.4 Å². The molecule has 0 fully saturated rings. The van der Waals surface area contributed by atoms with Gasteiger partial charge in [0, 0.05) is 6.20 Å². The Balaban J connectivity index is 3.55. The summed E-state index contributed by atoms with van der Waals surface area (Å²) < 4.78 is 0. The van der Waals surface area contributed by atoms with Crippen LogP contribution >= 0.6 is 0 Å². The lowest BCUT2D eigenvalue weighted by Gasteiger charge is -2.49. The van der Waals surface area contributed by atoms with E-state index in [0.717, 1.165) is 12.2 Å². The average Bonchev–Trinajstić information content (AvgIpc) is 2.31. The van der Waals surface area contributed by atoms with Crippen LogP contribution in [0, 0.1) is 0 Å². The maximum Gasteiger partial charge on any atom is 0.331 e. The highest BCUT2D eigenvalue weighted by Gasteiger charge is 2.73. The molecular formula is C9H15NO10. The van der Waals surface area contributed by atoms with Crippen LogP contribution in [0.3, 0.4) is 0 Å². The maximum absolute atomic E-state index is 9.46. The van der Waals surface area contributed by atoms with Gasteiger partial charge in [0.2, 0.25) is 0 Å². The summed E-state index contributed by atoms with van der Waals surface area (Å²) in [4.78, 5) is 0. The van der Waals surface area contributed by atoms with E-state index in [-0.39, 0.29) is 0 Å². The first-order chi connectivity index (χ1) is 8.80. The van der Waals surface area contributed by atoms with E-state index in [1.807, 2.05) is 0 Å². The topological polar surface area (TPSA) is 206 Å². The third-order valence-electron chi connectivity index (χ3n) is 2.83. The highest BCUT2D eigenvalue weighted by atomic mass is 16.7. The average molecular weight is 297 g/mol. The minimum Gasteiger partial charge on any atom is -0.383 e. The van der Waals surface area contributed by atoms with E-state index < -0.39 is 34.4 Å². The summed E-state index contributed by atoms with van der Waals surface area (Å²) in [5.74, 6) is -17.3. The number of aliphatic hydroxyl groups is 9. The maximum atomic E-state index is 9.46. The first-order valence-corrected chi connectivity index (χ1v) is 5.10. The molecule has 0 aromatic heterocycles. The van der Waals surface area contributed by atoms with Crippen LogP contribution in [0.5, 0.6) is 0 Å².